The van der Waals surface area contributed by atoms with E-state index in [4.69, 9.17) is 14.2 Å². The van der Waals surface area contributed by atoms with E-state index in [0.717, 1.165) is 50.7 Å². The standard InChI is InChI=1S/C30H40O5S/c1-26(2)16-34-29(35-17-26)11-12-30-25-20(9-10-28(30,32)15-29)22-7-8-24(31)27(22,3)14-21(25)19-6-5-18(33-4)13-23(19)36-30/h5-6,13,20-22,25,32H,7-12,14-17H2,1-4H3/t20-,21+,22-,25?,27-,28+,30-/m0/s1. The van der Waals surface area contributed by atoms with Gasteiger partial charge < -0.3 is 19.3 Å². The summed E-state index contributed by atoms with van der Waals surface area (Å²) in [5.74, 6) is 2.20. The van der Waals surface area contributed by atoms with E-state index < -0.39 is 11.4 Å². The molecule has 0 aromatic heterocycles. The number of rotatable bonds is 1. The van der Waals surface area contributed by atoms with Crippen LogP contribution >= 0.6 is 11.8 Å². The van der Waals surface area contributed by atoms with Crippen molar-refractivity contribution < 1.29 is 24.1 Å². The van der Waals surface area contributed by atoms with Crippen molar-refractivity contribution in [1.82, 2.24) is 0 Å². The highest BCUT2D eigenvalue weighted by atomic mass is 32.2. The van der Waals surface area contributed by atoms with Crippen LogP contribution in [0.15, 0.2) is 23.1 Å². The molecule has 2 aliphatic heterocycles. The van der Waals surface area contributed by atoms with Gasteiger partial charge in [-0.1, -0.05) is 26.8 Å². The first-order valence-corrected chi connectivity index (χ1v) is 14.8. The zero-order valence-electron chi connectivity index (χ0n) is 22.1. The molecule has 1 saturated heterocycles. The van der Waals surface area contributed by atoms with Gasteiger partial charge in [0.25, 0.3) is 0 Å². The average molecular weight is 513 g/mol. The normalized spacial score (nSPS) is 45.9. The van der Waals surface area contributed by atoms with Gasteiger partial charge in [0.05, 0.1) is 30.7 Å². The molecular formula is C30H40O5S. The molecule has 1 unspecified atom stereocenters. The van der Waals surface area contributed by atoms with Gasteiger partial charge in [-0.3, -0.25) is 4.79 Å². The predicted molar refractivity (Wildman–Crippen MR) is 138 cm³/mol. The first kappa shape index (κ1) is 24.0. The summed E-state index contributed by atoms with van der Waals surface area (Å²) < 4.78 is 18.2. The summed E-state index contributed by atoms with van der Waals surface area (Å²) in [5, 5.41) is 12.7. The fourth-order valence-electron chi connectivity index (χ4n) is 9.44. The maximum Gasteiger partial charge on any atom is 0.171 e. The molecule has 5 nitrogen and oxygen atoms in total. The van der Waals surface area contributed by atoms with Crippen LogP contribution in [0.3, 0.4) is 0 Å². The largest absolute Gasteiger partial charge is 0.497 e. The van der Waals surface area contributed by atoms with Crippen LogP contribution in [0.5, 0.6) is 5.75 Å². The van der Waals surface area contributed by atoms with Gasteiger partial charge in [-0.05, 0) is 73.5 Å². The number of Topliss-reactive ketones (excluding diaryl/α,β-unsaturated/α-hetero) is 1. The molecule has 6 heteroatoms. The van der Waals surface area contributed by atoms with Crippen LogP contribution in [-0.2, 0) is 14.3 Å². The molecular weight excluding hydrogens is 472 g/mol. The van der Waals surface area contributed by atoms with Gasteiger partial charge in [-0.25, -0.2) is 0 Å². The second-order valence-electron chi connectivity index (χ2n) is 13.8. The minimum atomic E-state index is -0.867. The summed E-state index contributed by atoms with van der Waals surface area (Å²) >= 11 is 1.91. The smallest absolute Gasteiger partial charge is 0.171 e. The molecule has 0 radical (unpaired) electrons. The third-order valence-corrected chi connectivity index (χ3v) is 13.0. The van der Waals surface area contributed by atoms with Crippen LogP contribution in [0.2, 0.25) is 0 Å². The second-order valence-corrected chi connectivity index (χ2v) is 15.2. The molecule has 196 valence electrons. The molecule has 1 aromatic carbocycles. The van der Waals surface area contributed by atoms with Crippen molar-refractivity contribution in [3.63, 3.8) is 0 Å². The summed E-state index contributed by atoms with van der Waals surface area (Å²) in [6.07, 6.45) is 6.61. The van der Waals surface area contributed by atoms with Crippen LogP contribution in [0.25, 0.3) is 0 Å². The zero-order chi connectivity index (χ0) is 25.1. The molecule has 36 heavy (non-hydrogen) atoms. The molecule has 1 aromatic rings. The number of hydrogen-bond donors (Lipinski definition) is 1. The number of hydrogen-bond acceptors (Lipinski definition) is 6. The molecule has 7 rings (SSSR count). The Balaban J connectivity index is 1.34. The summed E-state index contributed by atoms with van der Waals surface area (Å²) in [5.41, 5.74) is 0.258. The Kier molecular flexibility index (Phi) is 5.01. The van der Waals surface area contributed by atoms with Crippen molar-refractivity contribution in [3.05, 3.63) is 23.8 Å². The van der Waals surface area contributed by atoms with Gasteiger partial charge >= 0.3 is 0 Å². The molecule has 2 heterocycles. The van der Waals surface area contributed by atoms with Crippen LogP contribution < -0.4 is 4.74 Å². The van der Waals surface area contributed by atoms with Gasteiger partial charge in [-0.2, -0.15) is 0 Å². The third-order valence-electron chi connectivity index (χ3n) is 11.2. The number of benzene rings is 1. The fourth-order valence-corrected chi connectivity index (χ4v) is 11.4. The second kappa shape index (κ2) is 7.52. The number of ether oxygens (including phenoxy) is 3. The summed E-state index contributed by atoms with van der Waals surface area (Å²) in [6, 6.07) is 6.49. The zero-order valence-corrected chi connectivity index (χ0v) is 22.9. The minimum Gasteiger partial charge on any atom is -0.497 e. The van der Waals surface area contributed by atoms with Gasteiger partial charge in [0, 0.05) is 35.0 Å². The van der Waals surface area contributed by atoms with Gasteiger partial charge in [0.1, 0.15) is 11.5 Å². The quantitative estimate of drug-likeness (QED) is 0.519. The van der Waals surface area contributed by atoms with Crippen LogP contribution in [0, 0.1) is 28.6 Å². The van der Waals surface area contributed by atoms with E-state index in [0.29, 0.717) is 43.2 Å². The summed E-state index contributed by atoms with van der Waals surface area (Å²) in [7, 11) is 1.72. The maximum atomic E-state index is 13.3. The Hall–Kier alpha value is -1.08. The van der Waals surface area contributed by atoms with E-state index in [2.05, 4.69) is 39.0 Å². The maximum absolute atomic E-state index is 13.3. The van der Waals surface area contributed by atoms with Gasteiger partial charge in [0.2, 0.25) is 0 Å². The molecule has 2 spiro atoms. The highest BCUT2D eigenvalue weighted by Crippen LogP contribution is 2.74. The van der Waals surface area contributed by atoms with Crippen LogP contribution in [0.1, 0.15) is 83.6 Å². The first-order chi connectivity index (χ1) is 17.0. The van der Waals surface area contributed by atoms with Crippen molar-refractivity contribution in [2.75, 3.05) is 20.3 Å². The lowest BCUT2D eigenvalue weighted by atomic mass is 9.45. The SMILES string of the molecule is COc1ccc2c(c1)S[C@]13CCC4(C[C@]1(O)CC[C@@H]1C3[C@@H]2C[C@]2(C)C(=O)CC[C@@H]12)OCC(C)(C)CO4. The van der Waals surface area contributed by atoms with E-state index in [1.165, 1.54) is 10.5 Å². The number of thioether (sulfide) groups is 1. The Labute approximate surface area is 219 Å². The molecule has 4 saturated carbocycles. The van der Waals surface area contributed by atoms with E-state index >= 15 is 0 Å². The Morgan fingerprint density at radius 3 is 2.61 bits per heavy atom. The highest BCUT2D eigenvalue weighted by molar-refractivity contribution is 8.01. The molecule has 1 N–H and O–H groups in total. The first-order valence-electron chi connectivity index (χ1n) is 13.9. The molecule has 5 fully saturated rings. The number of fused-ring (bicyclic) bond motifs is 4. The fraction of sp³-hybridized carbons (Fsp3) is 0.767. The monoisotopic (exact) mass is 512 g/mol. The number of aliphatic hydroxyl groups is 1. The molecule has 6 aliphatic rings. The third kappa shape index (κ3) is 3.05. The lowest BCUT2D eigenvalue weighted by Crippen LogP contribution is -2.72. The van der Waals surface area contributed by atoms with E-state index in [1.807, 2.05) is 11.8 Å². The number of carbonyl (C=O) groups is 1. The van der Waals surface area contributed by atoms with Crippen molar-refractivity contribution in [1.29, 1.82) is 0 Å². The number of methoxy groups -OCH3 is 1. The number of ketones is 1. The van der Waals surface area contributed by atoms with E-state index in [-0.39, 0.29) is 21.5 Å². The van der Waals surface area contributed by atoms with Crippen molar-refractivity contribution in [2.24, 2.45) is 28.6 Å². The van der Waals surface area contributed by atoms with E-state index in [1.54, 1.807) is 7.11 Å². The van der Waals surface area contributed by atoms with Crippen LogP contribution in [-0.4, -0.2) is 47.3 Å². The average Bonchev–Trinajstić information content (AvgIpc) is 3.15. The molecule has 0 amide bonds. The van der Waals surface area contributed by atoms with E-state index in [9.17, 15) is 9.90 Å². The summed E-state index contributed by atoms with van der Waals surface area (Å²) in [6.45, 7) is 7.94. The Morgan fingerprint density at radius 1 is 1.08 bits per heavy atom. The topological polar surface area (TPSA) is 65.0 Å². The lowest BCUT2D eigenvalue weighted by Gasteiger charge is -2.69. The highest BCUT2D eigenvalue weighted by Gasteiger charge is 2.72. The van der Waals surface area contributed by atoms with Gasteiger partial charge in [0.15, 0.2) is 5.79 Å². The summed E-state index contributed by atoms with van der Waals surface area (Å²) in [4.78, 5) is 14.5. The van der Waals surface area contributed by atoms with Gasteiger partial charge in [-0.15, -0.1) is 11.8 Å². The van der Waals surface area contributed by atoms with Crippen molar-refractivity contribution in [2.45, 2.75) is 99.1 Å². The Bertz CT molecular complexity index is 1110. The van der Waals surface area contributed by atoms with Crippen LogP contribution in [0.4, 0.5) is 0 Å². The van der Waals surface area contributed by atoms with Crippen molar-refractivity contribution >= 4 is 17.5 Å². The number of carbonyl (C=O) groups excluding carboxylic acids is 1. The minimum absolute atomic E-state index is 0.00365. The van der Waals surface area contributed by atoms with Crippen molar-refractivity contribution in [3.8, 4) is 5.75 Å². The predicted octanol–water partition coefficient (Wildman–Crippen LogP) is 5.72. The molecule has 0 bridgehead atoms. The Morgan fingerprint density at radius 2 is 1.86 bits per heavy atom. The lowest BCUT2D eigenvalue weighted by molar-refractivity contribution is -0.337. The molecule has 4 aliphatic carbocycles. The molecule has 7 atom stereocenters.